The van der Waals surface area contributed by atoms with Crippen molar-refractivity contribution in [2.75, 3.05) is 19.7 Å². The summed E-state index contributed by atoms with van der Waals surface area (Å²) in [5.41, 5.74) is 0.486. The molecule has 3 atom stereocenters. The minimum absolute atomic E-state index is 0.0119. The van der Waals surface area contributed by atoms with Gasteiger partial charge in [0, 0.05) is 31.0 Å². The fraction of sp³-hybridized carbons (Fsp3) is 0.630. The Morgan fingerprint density at radius 1 is 1.09 bits per heavy atom. The zero-order chi connectivity index (χ0) is 24.8. The van der Waals surface area contributed by atoms with Gasteiger partial charge in [0.2, 0.25) is 11.8 Å². The van der Waals surface area contributed by atoms with E-state index in [0.717, 1.165) is 35.7 Å². The number of hydrogen-bond donors (Lipinski definition) is 3. The molecule has 0 aliphatic heterocycles. The lowest BCUT2D eigenvalue weighted by Gasteiger charge is -2.44. The topological polar surface area (TPSA) is 99.1 Å². The van der Waals surface area contributed by atoms with Crippen molar-refractivity contribution in [3.8, 4) is 5.75 Å². The lowest BCUT2D eigenvalue weighted by molar-refractivity contribution is -0.146. The summed E-state index contributed by atoms with van der Waals surface area (Å²) in [7, 11) is 0. The molecule has 1 aromatic rings. The quantitative estimate of drug-likeness (QED) is 0.380. The first-order valence-corrected chi connectivity index (χ1v) is 14.0. The number of carbonyl (C=O) groups is 2. The lowest BCUT2D eigenvalue weighted by atomic mass is 9.81. The number of carbonyl (C=O) groups excluding carboxylic acids is 2. The van der Waals surface area contributed by atoms with Gasteiger partial charge in [-0.25, -0.2) is 0 Å². The monoisotopic (exact) mass is 596 g/mol. The largest absolute Gasteiger partial charge is 0.482 e. The van der Waals surface area contributed by atoms with E-state index >= 15 is 0 Å². The van der Waals surface area contributed by atoms with Crippen molar-refractivity contribution >= 4 is 34.4 Å². The van der Waals surface area contributed by atoms with Gasteiger partial charge in [-0.1, -0.05) is 37.8 Å². The molecular weight excluding hydrogens is 559 g/mol. The molecule has 3 aliphatic carbocycles. The first kappa shape index (κ1) is 26.4. The third-order valence-electron chi connectivity index (χ3n) is 7.63. The van der Waals surface area contributed by atoms with Crippen LogP contribution in [0.1, 0.15) is 57.8 Å². The molecule has 2 amide bonds. The van der Waals surface area contributed by atoms with Gasteiger partial charge >= 0.3 is 0 Å². The second-order valence-electron chi connectivity index (χ2n) is 10.1. The van der Waals surface area contributed by atoms with Gasteiger partial charge in [-0.15, -0.1) is 0 Å². The molecule has 0 aromatic heterocycles. The number of nitrogens with one attached hydrogen (secondary N) is 1. The van der Waals surface area contributed by atoms with Gasteiger partial charge in [0.15, 0.2) is 0 Å². The number of ether oxygens (including phenoxy) is 1. The number of benzene rings is 1. The van der Waals surface area contributed by atoms with Gasteiger partial charge < -0.3 is 25.2 Å². The summed E-state index contributed by atoms with van der Waals surface area (Å²) in [4.78, 5) is 28.4. The van der Waals surface area contributed by atoms with Crippen LogP contribution in [-0.2, 0) is 9.59 Å². The highest BCUT2D eigenvalue weighted by Crippen LogP contribution is 2.35. The third-order valence-corrected chi connectivity index (χ3v) is 8.52. The minimum atomic E-state index is -0.951. The smallest absolute Gasteiger partial charge is 0.247 e. The van der Waals surface area contributed by atoms with E-state index in [1.807, 2.05) is 29.2 Å². The third kappa shape index (κ3) is 6.57. The van der Waals surface area contributed by atoms with Crippen LogP contribution in [0.2, 0.25) is 0 Å². The molecule has 4 rings (SSSR count). The van der Waals surface area contributed by atoms with Crippen LogP contribution in [0.5, 0.6) is 5.75 Å². The molecule has 35 heavy (non-hydrogen) atoms. The van der Waals surface area contributed by atoms with Crippen LogP contribution in [0.3, 0.4) is 0 Å². The Morgan fingerprint density at radius 2 is 1.83 bits per heavy atom. The van der Waals surface area contributed by atoms with E-state index in [2.05, 4.69) is 27.9 Å². The highest BCUT2D eigenvalue weighted by atomic mass is 127. The maximum atomic E-state index is 13.6. The van der Waals surface area contributed by atoms with Crippen LogP contribution in [0.25, 0.3) is 0 Å². The van der Waals surface area contributed by atoms with E-state index in [-0.39, 0.29) is 37.3 Å². The van der Waals surface area contributed by atoms with Crippen LogP contribution in [0.15, 0.2) is 35.9 Å². The minimum Gasteiger partial charge on any atom is -0.482 e. The molecule has 0 heterocycles. The molecule has 0 radical (unpaired) electrons. The van der Waals surface area contributed by atoms with Crippen molar-refractivity contribution in [3.63, 3.8) is 0 Å². The first-order chi connectivity index (χ1) is 17.0. The summed E-state index contributed by atoms with van der Waals surface area (Å²) in [6.07, 6.45) is 8.88. The molecule has 0 unspecified atom stereocenters. The Morgan fingerprint density at radius 3 is 2.49 bits per heavy atom. The number of amides is 2. The van der Waals surface area contributed by atoms with E-state index in [9.17, 15) is 19.8 Å². The van der Waals surface area contributed by atoms with Gasteiger partial charge in [0.05, 0.1) is 16.2 Å². The Balaban J connectivity index is 1.62. The fourth-order valence-corrected chi connectivity index (χ4v) is 5.91. The van der Waals surface area contributed by atoms with Gasteiger partial charge in [-0.2, -0.15) is 0 Å². The lowest BCUT2D eigenvalue weighted by Crippen LogP contribution is -2.57. The molecule has 2 saturated carbocycles. The summed E-state index contributed by atoms with van der Waals surface area (Å²) >= 11 is 2.19. The van der Waals surface area contributed by atoms with Crippen molar-refractivity contribution in [2.24, 2.45) is 11.8 Å². The molecule has 0 saturated heterocycles. The number of halogens is 1. The van der Waals surface area contributed by atoms with E-state index in [4.69, 9.17) is 4.74 Å². The highest BCUT2D eigenvalue weighted by Gasteiger charge is 2.43. The Kier molecular flexibility index (Phi) is 9.46. The summed E-state index contributed by atoms with van der Waals surface area (Å²) < 4.78 is 7.14. The molecule has 0 spiro atoms. The van der Waals surface area contributed by atoms with Gasteiger partial charge in [-0.3, -0.25) is 9.59 Å². The molecule has 3 N–H and O–H groups in total. The van der Waals surface area contributed by atoms with E-state index in [0.29, 0.717) is 23.8 Å². The SMILES string of the molecule is O=C(NCCO)C1=C[C@H](Oc2ccccc2I)[C@@H](O)[C@H](N(CC2CCCCC2)C(=O)C2CCC2)C1. The molecule has 7 nitrogen and oxygen atoms in total. The van der Waals surface area contributed by atoms with Crippen molar-refractivity contribution in [3.05, 3.63) is 39.5 Å². The predicted molar refractivity (Wildman–Crippen MR) is 142 cm³/mol. The molecule has 3 aliphatic rings. The molecular formula is C27H37IN2O5. The summed E-state index contributed by atoms with van der Waals surface area (Å²) in [5, 5.41) is 23.4. The van der Waals surface area contributed by atoms with Crippen LogP contribution >= 0.6 is 22.6 Å². The Bertz CT molecular complexity index is 913. The number of aliphatic hydroxyl groups is 2. The normalized spacial score (nSPS) is 25.3. The maximum absolute atomic E-state index is 13.6. The van der Waals surface area contributed by atoms with E-state index < -0.39 is 18.2 Å². The summed E-state index contributed by atoms with van der Waals surface area (Å²) in [6, 6.07) is 7.03. The average Bonchev–Trinajstić information content (AvgIpc) is 2.83. The molecule has 0 bridgehead atoms. The van der Waals surface area contributed by atoms with E-state index in [1.54, 1.807) is 6.08 Å². The average molecular weight is 597 g/mol. The molecule has 8 heteroatoms. The van der Waals surface area contributed by atoms with Crippen molar-refractivity contribution in [1.82, 2.24) is 10.2 Å². The van der Waals surface area contributed by atoms with Crippen LogP contribution in [0, 0.1) is 15.4 Å². The Hall–Kier alpha value is -1.65. The Labute approximate surface area is 221 Å². The van der Waals surface area contributed by atoms with Crippen molar-refractivity contribution in [1.29, 1.82) is 0 Å². The van der Waals surface area contributed by atoms with Gasteiger partial charge in [0.25, 0.3) is 0 Å². The molecule has 1 aromatic carbocycles. The summed E-state index contributed by atoms with van der Waals surface area (Å²) in [5.74, 6) is 0.884. The summed E-state index contributed by atoms with van der Waals surface area (Å²) in [6.45, 7) is 0.623. The van der Waals surface area contributed by atoms with Crippen molar-refractivity contribution in [2.45, 2.75) is 76.0 Å². The zero-order valence-electron chi connectivity index (χ0n) is 20.2. The number of rotatable bonds is 9. The van der Waals surface area contributed by atoms with Crippen LogP contribution in [0.4, 0.5) is 0 Å². The maximum Gasteiger partial charge on any atom is 0.247 e. The predicted octanol–water partition coefficient (Wildman–Crippen LogP) is 3.42. The number of aliphatic hydroxyl groups excluding tert-OH is 2. The highest BCUT2D eigenvalue weighted by molar-refractivity contribution is 14.1. The van der Waals surface area contributed by atoms with Crippen LogP contribution < -0.4 is 10.1 Å². The van der Waals surface area contributed by atoms with E-state index in [1.165, 1.54) is 19.3 Å². The standard InChI is InChI=1S/C27H37IN2O5/c28-21-11-4-5-12-23(21)35-24-16-20(26(33)29-13-14-31)15-22(25(24)32)30(27(34)19-9-6-10-19)17-18-7-2-1-3-8-18/h4-5,11-12,16,18-19,22,24-25,31-32H,1-3,6-10,13-15,17H2,(H,29,33)/t22-,24+,25+/m1/s1. The second-order valence-corrected chi connectivity index (χ2v) is 11.2. The number of hydrogen-bond acceptors (Lipinski definition) is 5. The zero-order valence-corrected chi connectivity index (χ0v) is 22.4. The second kappa shape index (κ2) is 12.5. The number of para-hydroxylation sites is 1. The molecule has 192 valence electrons. The van der Waals surface area contributed by atoms with Gasteiger partial charge in [0.1, 0.15) is 18.0 Å². The van der Waals surface area contributed by atoms with Crippen LogP contribution in [-0.4, -0.2) is 64.9 Å². The van der Waals surface area contributed by atoms with Gasteiger partial charge in [-0.05, 0) is 72.4 Å². The number of nitrogens with zero attached hydrogens (tertiary/aromatic N) is 1. The first-order valence-electron chi connectivity index (χ1n) is 13.0. The molecule has 2 fully saturated rings. The van der Waals surface area contributed by atoms with Crippen molar-refractivity contribution < 1.29 is 24.5 Å². The fourth-order valence-electron chi connectivity index (χ4n) is 5.39.